The lowest BCUT2D eigenvalue weighted by Crippen LogP contribution is -2.52. The van der Waals surface area contributed by atoms with E-state index in [-0.39, 0.29) is 5.91 Å². The SMILES string of the molecule is O=C(C1COc2ccccc2O1)N1CCC(N2CCc3ccccc3C2)CC1. The Kier molecular flexibility index (Phi) is 4.69. The molecule has 1 saturated heterocycles. The summed E-state index contributed by atoms with van der Waals surface area (Å²) >= 11 is 0. The number of hydrogen-bond acceptors (Lipinski definition) is 4. The number of nitrogens with zero attached hydrogens (tertiary/aromatic N) is 2. The van der Waals surface area contributed by atoms with E-state index in [0.29, 0.717) is 18.4 Å². The molecule has 0 N–H and O–H groups in total. The molecular weight excluding hydrogens is 352 g/mol. The van der Waals surface area contributed by atoms with Crippen molar-refractivity contribution in [1.29, 1.82) is 0 Å². The van der Waals surface area contributed by atoms with Crippen molar-refractivity contribution in [3.8, 4) is 11.5 Å². The van der Waals surface area contributed by atoms with Crippen LogP contribution in [0.25, 0.3) is 0 Å². The number of piperidine rings is 1. The summed E-state index contributed by atoms with van der Waals surface area (Å²) in [5.41, 5.74) is 2.94. The summed E-state index contributed by atoms with van der Waals surface area (Å²) in [7, 11) is 0. The number of amides is 1. The molecule has 2 aromatic rings. The van der Waals surface area contributed by atoms with Crippen LogP contribution in [0.2, 0.25) is 0 Å². The van der Waals surface area contributed by atoms with Crippen molar-refractivity contribution in [2.45, 2.75) is 38.0 Å². The maximum Gasteiger partial charge on any atom is 0.267 e. The third-order valence-corrected chi connectivity index (χ3v) is 6.24. The number of rotatable bonds is 2. The Morgan fingerprint density at radius 2 is 1.61 bits per heavy atom. The molecule has 2 aromatic carbocycles. The maximum absolute atomic E-state index is 12.9. The minimum absolute atomic E-state index is 0.0527. The first-order chi connectivity index (χ1) is 13.8. The molecule has 5 heteroatoms. The van der Waals surface area contributed by atoms with Gasteiger partial charge in [-0.1, -0.05) is 36.4 Å². The normalized spacial score (nSPS) is 22.6. The highest BCUT2D eigenvalue weighted by Crippen LogP contribution is 2.32. The fourth-order valence-corrected chi connectivity index (χ4v) is 4.63. The molecule has 3 aliphatic heterocycles. The van der Waals surface area contributed by atoms with Gasteiger partial charge in [0, 0.05) is 32.2 Å². The fourth-order valence-electron chi connectivity index (χ4n) is 4.63. The quantitative estimate of drug-likeness (QED) is 0.806. The van der Waals surface area contributed by atoms with Crippen molar-refractivity contribution < 1.29 is 14.3 Å². The van der Waals surface area contributed by atoms with Crippen molar-refractivity contribution in [1.82, 2.24) is 9.80 Å². The van der Waals surface area contributed by atoms with Gasteiger partial charge in [-0.05, 0) is 42.5 Å². The van der Waals surface area contributed by atoms with Crippen LogP contribution in [0.5, 0.6) is 11.5 Å². The third-order valence-electron chi connectivity index (χ3n) is 6.24. The van der Waals surface area contributed by atoms with Crippen LogP contribution in [-0.4, -0.2) is 54.1 Å². The Bertz CT molecular complexity index is 860. The molecule has 0 radical (unpaired) electrons. The predicted octanol–water partition coefficient (Wildman–Crippen LogP) is 2.88. The molecular formula is C23H26N2O3. The van der Waals surface area contributed by atoms with Gasteiger partial charge in [-0.25, -0.2) is 0 Å². The molecule has 5 nitrogen and oxygen atoms in total. The first-order valence-corrected chi connectivity index (χ1v) is 10.3. The molecule has 3 heterocycles. The molecule has 5 rings (SSSR count). The number of fused-ring (bicyclic) bond motifs is 2. The average Bonchev–Trinajstić information content (AvgIpc) is 2.78. The molecule has 28 heavy (non-hydrogen) atoms. The summed E-state index contributed by atoms with van der Waals surface area (Å²) < 4.78 is 11.6. The summed E-state index contributed by atoms with van der Waals surface area (Å²) in [6.07, 6.45) is 2.64. The van der Waals surface area contributed by atoms with Crippen molar-refractivity contribution in [2.75, 3.05) is 26.2 Å². The van der Waals surface area contributed by atoms with Gasteiger partial charge in [-0.3, -0.25) is 9.69 Å². The largest absolute Gasteiger partial charge is 0.485 e. The van der Waals surface area contributed by atoms with Crippen LogP contribution < -0.4 is 9.47 Å². The van der Waals surface area contributed by atoms with E-state index in [1.165, 1.54) is 11.1 Å². The molecule has 1 atom stereocenters. The number of hydrogen-bond donors (Lipinski definition) is 0. The number of carbonyl (C=O) groups is 1. The Morgan fingerprint density at radius 1 is 0.893 bits per heavy atom. The Morgan fingerprint density at radius 3 is 2.43 bits per heavy atom. The zero-order valence-electron chi connectivity index (χ0n) is 16.0. The summed E-state index contributed by atoms with van der Waals surface area (Å²) in [5.74, 6) is 1.43. The minimum atomic E-state index is -0.534. The lowest BCUT2D eigenvalue weighted by Gasteiger charge is -2.41. The molecule has 0 aromatic heterocycles. The second-order valence-electron chi connectivity index (χ2n) is 7.91. The van der Waals surface area contributed by atoms with Gasteiger partial charge >= 0.3 is 0 Å². The van der Waals surface area contributed by atoms with Gasteiger partial charge in [-0.2, -0.15) is 0 Å². The molecule has 3 aliphatic rings. The van der Waals surface area contributed by atoms with Crippen molar-refractivity contribution >= 4 is 5.91 Å². The zero-order chi connectivity index (χ0) is 18.9. The molecule has 0 bridgehead atoms. The van der Waals surface area contributed by atoms with Gasteiger partial charge in [0.1, 0.15) is 6.61 Å². The van der Waals surface area contributed by atoms with E-state index in [9.17, 15) is 4.79 Å². The average molecular weight is 378 g/mol. The van der Waals surface area contributed by atoms with Crippen LogP contribution in [0.1, 0.15) is 24.0 Å². The second kappa shape index (κ2) is 7.47. The number of benzene rings is 2. The number of para-hydroxylation sites is 2. The monoisotopic (exact) mass is 378 g/mol. The Labute approximate surface area is 165 Å². The summed E-state index contributed by atoms with van der Waals surface area (Å²) in [6.45, 7) is 4.03. The highest BCUT2D eigenvalue weighted by molar-refractivity contribution is 5.82. The van der Waals surface area contributed by atoms with E-state index < -0.39 is 6.10 Å². The standard InChI is InChI=1S/C23H26N2O3/c26-23(22-16-27-20-7-3-4-8-21(20)28-22)24-13-10-19(11-14-24)25-12-9-17-5-1-2-6-18(17)15-25/h1-8,19,22H,9-16H2. The zero-order valence-corrected chi connectivity index (χ0v) is 16.0. The molecule has 146 valence electrons. The van der Waals surface area contributed by atoms with Crippen LogP contribution >= 0.6 is 0 Å². The summed E-state index contributed by atoms with van der Waals surface area (Å²) in [4.78, 5) is 17.5. The van der Waals surface area contributed by atoms with Crippen LogP contribution in [0.3, 0.4) is 0 Å². The van der Waals surface area contributed by atoms with Gasteiger partial charge in [-0.15, -0.1) is 0 Å². The number of ether oxygens (including phenoxy) is 2. The van der Waals surface area contributed by atoms with Gasteiger partial charge in [0.25, 0.3) is 5.91 Å². The lowest BCUT2D eigenvalue weighted by molar-refractivity contribution is -0.142. The van der Waals surface area contributed by atoms with E-state index in [2.05, 4.69) is 29.2 Å². The topological polar surface area (TPSA) is 42.0 Å². The Balaban J connectivity index is 1.17. The van der Waals surface area contributed by atoms with Crippen molar-refractivity contribution in [3.63, 3.8) is 0 Å². The number of likely N-dealkylation sites (tertiary alicyclic amines) is 1. The molecule has 0 saturated carbocycles. The smallest absolute Gasteiger partial charge is 0.267 e. The van der Waals surface area contributed by atoms with Crippen LogP contribution in [-0.2, 0) is 17.8 Å². The van der Waals surface area contributed by atoms with Gasteiger partial charge in [0.15, 0.2) is 11.5 Å². The molecule has 0 aliphatic carbocycles. The van der Waals surface area contributed by atoms with E-state index in [1.807, 2.05) is 29.2 Å². The van der Waals surface area contributed by atoms with Gasteiger partial charge in [0.2, 0.25) is 6.10 Å². The van der Waals surface area contributed by atoms with Crippen LogP contribution in [0.4, 0.5) is 0 Å². The maximum atomic E-state index is 12.9. The predicted molar refractivity (Wildman–Crippen MR) is 107 cm³/mol. The highest BCUT2D eigenvalue weighted by Gasteiger charge is 2.34. The van der Waals surface area contributed by atoms with E-state index in [1.54, 1.807) is 0 Å². The summed E-state index contributed by atoms with van der Waals surface area (Å²) in [5, 5.41) is 0. The van der Waals surface area contributed by atoms with Crippen LogP contribution in [0, 0.1) is 0 Å². The molecule has 1 unspecified atom stereocenters. The first kappa shape index (κ1) is 17.6. The molecule has 1 fully saturated rings. The summed E-state index contributed by atoms with van der Waals surface area (Å²) in [6, 6.07) is 16.9. The fraction of sp³-hybridized carbons (Fsp3) is 0.435. The van der Waals surface area contributed by atoms with Gasteiger partial charge in [0.05, 0.1) is 0 Å². The molecule has 1 amide bonds. The molecule has 0 spiro atoms. The van der Waals surface area contributed by atoms with Gasteiger partial charge < -0.3 is 14.4 Å². The second-order valence-corrected chi connectivity index (χ2v) is 7.91. The highest BCUT2D eigenvalue weighted by atomic mass is 16.6. The van der Waals surface area contributed by atoms with E-state index in [4.69, 9.17) is 9.47 Å². The van der Waals surface area contributed by atoms with Crippen molar-refractivity contribution in [3.05, 3.63) is 59.7 Å². The van der Waals surface area contributed by atoms with Crippen LogP contribution in [0.15, 0.2) is 48.5 Å². The van der Waals surface area contributed by atoms with Crippen molar-refractivity contribution in [2.24, 2.45) is 0 Å². The van der Waals surface area contributed by atoms with E-state index in [0.717, 1.165) is 51.2 Å². The third kappa shape index (κ3) is 3.35. The van der Waals surface area contributed by atoms with E-state index >= 15 is 0 Å². The minimum Gasteiger partial charge on any atom is -0.485 e. The number of carbonyl (C=O) groups excluding carboxylic acids is 1. The first-order valence-electron chi connectivity index (χ1n) is 10.3. The lowest BCUT2D eigenvalue weighted by atomic mass is 9.95. The Hall–Kier alpha value is -2.53.